The highest BCUT2D eigenvalue weighted by Gasteiger charge is 2.27. The molecule has 0 radical (unpaired) electrons. The first-order chi connectivity index (χ1) is 16.4. The molecule has 6 nitrogen and oxygen atoms in total. The van der Waals surface area contributed by atoms with Crippen molar-refractivity contribution in [1.82, 2.24) is 4.90 Å². The van der Waals surface area contributed by atoms with Gasteiger partial charge >= 0.3 is 0 Å². The molecule has 1 N–H and O–H groups in total. The molecule has 0 aliphatic carbocycles. The predicted molar refractivity (Wildman–Crippen MR) is 132 cm³/mol. The van der Waals surface area contributed by atoms with Crippen LogP contribution in [-0.2, 0) is 18.7 Å². The Morgan fingerprint density at radius 2 is 1.85 bits per heavy atom. The van der Waals surface area contributed by atoms with Crippen LogP contribution in [0.5, 0.6) is 23.0 Å². The molecule has 0 aromatic heterocycles. The van der Waals surface area contributed by atoms with E-state index in [4.69, 9.17) is 30.5 Å². The summed E-state index contributed by atoms with van der Waals surface area (Å²) >= 11 is 6.61. The number of halogens is 1. The number of ether oxygens (including phenoxy) is 4. The van der Waals surface area contributed by atoms with Crippen molar-refractivity contribution in [2.45, 2.75) is 25.6 Å². The zero-order chi connectivity index (χ0) is 24.1. The summed E-state index contributed by atoms with van der Waals surface area (Å²) < 4.78 is 22.6. The maximum absolute atomic E-state index is 11.1. The summed E-state index contributed by atoms with van der Waals surface area (Å²) in [5.74, 6) is 2.68. The van der Waals surface area contributed by atoms with E-state index in [1.165, 1.54) is 0 Å². The molecule has 0 spiro atoms. The molecule has 7 heteroatoms. The fraction of sp³-hybridized carbons (Fsp3) is 0.333. The zero-order valence-electron chi connectivity index (χ0n) is 19.7. The Labute approximate surface area is 205 Å². The second kappa shape index (κ2) is 10.6. The molecule has 1 atom stereocenters. The Hall–Kier alpha value is -2.93. The molecule has 4 rings (SSSR count). The average molecular weight is 484 g/mol. The monoisotopic (exact) mass is 483 g/mol. The van der Waals surface area contributed by atoms with E-state index in [1.807, 2.05) is 60.7 Å². The molecule has 1 unspecified atom stereocenters. The average Bonchev–Trinajstić information content (AvgIpc) is 3.05. The topological polar surface area (TPSA) is 60.4 Å². The molecular formula is C27H30ClNO5. The first-order valence-corrected chi connectivity index (χ1v) is 11.6. The molecule has 1 aliphatic rings. The predicted octanol–water partition coefficient (Wildman–Crippen LogP) is 5.04. The Morgan fingerprint density at radius 3 is 2.59 bits per heavy atom. The second-order valence-corrected chi connectivity index (χ2v) is 8.91. The molecule has 180 valence electrons. The number of hydrogen-bond donors (Lipinski definition) is 1. The van der Waals surface area contributed by atoms with Gasteiger partial charge in [-0.05, 0) is 48.4 Å². The molecule has 0 bridgehead atoms. The lowest BCUT2D eigenvalue weighted by atomic mass is 9.94. The Balaban J connectivity index is 1.51. The molecule has 1 aliphatic heterocycles. The molecule has 1 heterocycles. The van der Waals surface area contributed by atoms with E-state index in [-0.39, 0.29) is 6.61 Å². The van der Waals surface area contributed by atoms with Gasteiger partial charge in [0.1, 0.15) is 30.3 Å². The third-order valence-corrected chi connectivity index (χ3v) is 6.38. The van der Waals surface area contributed by atoms with E-state index >= 15 is 0 Å². The number of fused-ring (bicyclic) bond motifs is 1. The van der Waals surface area contributed by atoms with Gasteiger partial charge in [0.15, 0.2) is 11.5 Å². The largest absolute Gasteiger partial charge is 0.493 e. The Kier molecular flexibility index (Phi) is 7.51. The summed E-state index contributed by atoms with van der Waals surface area (Å²) in [6.45, 7) is 4.48. The lowest BCUT2D eigenvalue weighted by molar-refractivity contribution is 0.00748. The lowest BCUT2D eigenvalue weighted by Crippen LogP contribution is -2.30. The molecule has 3 aromatic rings. The number of rotatable bonds is 8. The fourth-order valence-electron chi connectivity index (χ4n) is 4.04. The second-order valence-electron chi connectivity index (χ2n) is 8.53. The minimum Gasteiger partial charge on any atom is -0.493 e. The van der Waals surface area contributed by atoms with Crippen molar-refractivity contribution >= 4 is 11.6 Å². The molecule has 3 aromatic carbocycles. The summed E-state index contributed by atoms with van der Waals surface area (Å²) in [5, 5.41) is 11.7. The minimum atomic E-state index is -1.16. The van der Waals surface area contributed by atoms with E-state index in [1.54, 1.807) is 21.1 Å². The number of methoxy groups -OCH3 is 2. The van der Waals surface area contributed by atoms with Crippen LogP contribution in [0.1, 0.15) is 23.6 Å². The molecular weight excluding hydrogens is 454 g/mol. The Morgan fingerprint density at radius 1 is 1.06 bits per heavy atom. The first kappa shape index (κ1) is 24.2. The van der Waals surface area contributed by atoms with Crippen LogP contribution in [0.2, 0.25) is 5.02 Å². The maximum atomic E-state index is 11.1. The minimum absolute atomic E-state index is 0.140. The van der Waals surface area contributed by atoms with Gasteiger partial charge in [0.2, 0.25) is 0 Å². The maximum Gasteiger partial charge on any atom is 0.179 e. The van der Waals surface area contributed by atoms with Gasteiger partial charge in [-0.3, -0.25) is 4.90 Å². The SMILES string of the molecule is COc1ccc(CN2CCOc3ccc(C(C)(O)COc4ccccc4)cc3C2)c(Cl)c1OC. The molecule has 0 fully saturated rings. The standard InChI is InChI=1S/C27H30ClNO5/c1-27(30,18-34-22-7-5-4-6-8-22)21-10-12-23-20(15-21)17-29(13-14-33-23)16-19-9-11-24(31-2)26(32-3)25(19)28/h4-12,15,30H,13-14,16-18H2,1-3H3. The fourth-order valence-corrected chi connectivity index (χ4v) is 4.33. The smallest absolute Gasteiger partial charge is 0.179 e. The summed E-state index contributed by atoms with van der Waals surface area (Å²) in [6.07, 6.45) is 0. The van der Waals surface area contributed by atoms with Crippen LogP contribution in [-0.4, -0.2) is 44.0 Å². The van der Waals surface area contributed by atoms with Gasteiger partial charge in [-0.2, -0.15) is 0 Å². The normalized spacial score (nSPS) is 15.4. The van der Waals surface area contributed by atoms with Crippen molar-refractivity contribution < 1.29 is 24.1 Å². The van der Waals surface area contributed by atoms with Crippen LogP contribution in [0.25, 0.3) is 0 Å². The summed E-state index contributed by atoms with van der Waals surface area (Å²) in [7, 11) is 3.17. The van der Waals surface area contributed by atoms with Crippen molar-refractivity contribution in [3.05, 3.63) is 82.4 Å². The van der Waals surface area contributed by atoms with Gasteiger partial charge in [-0.25, -0.2) is 0 Å². The van der Waals surface area contributed by atoms with E-state index in [0.29, 0.717) is 36.2 Å². The molecule has 0 amide bonds. The van der Waals surface area contributed by atoms with Gasteiger partial charge in [-0.1, -0.05) is 41.9 Å². The van der Waals surface area contributed by atoms with Crippen molar-refractivity contribution in [2.75, 3.05) is 34.0 Å². The van der Waals surface area contributed by atoms with Crippen molar-refractivity contribution in [1.29, 1.82) is 0 Å². The van der Waals surface area contributed by atoms with Crippen LogP contribution < -0.4 is 18.9 Å². The molecule has 0 saturated carbocycles. The van der Waals surface area contributed by atoms with Crippen LogP contribution in [0.4, 0.5) is 0 Å². The number of para-hydroxylation sites is 1. The quantitative estimate of drug-likeness (QED) is 0.484. The number of nitrogens with zero attached hydrogens (tertiary/aromatic N) is 1. The number of aliphatic hydroxyl groups is 1. The van der Waals surface area contributed by atoms with Gasteiger partial charge in [0.05, 0.1) is 19.2 Å². The first-order valence-electron chi connectivity index (χ1n) is 11.2. The summed E-state index contributed by atoms with van der Waals surface area (Å²) in [5.41, 5.74) is 1.57. The van der Waals surface area contributed by atoms with Crippen LogP contribution in [0.15, 0.2) is 60.7 Å². The molecule has 34 heavy (non-hydrogen) atoms. The van der Waals surface area contributed by atoms with Gasteiger partial charge in [0, 0.05) is 25.2 Å². The summed E-state index contributed by atoms with van der Waals surface area (Å²) in [4.78, 5) is 2.26. The summed E-state index contributed by atoms with van der Waals surface area (Å²) in [6, 6.07) is 19.1. The van der Waals surface area contributed by atoms with Crippen molar-refractivity contribution in [2.24, 2.45) is 0 Å². The van der Waals surface area contributed by atoms with Crippen LogP contribution >= 0.6 is 11.6 Å². The highest BCUT2D eigenvalue weighted by molar-refractivity contribution is 6.33. The van der Waals surface area contributed by atoms with Gasteiger partial charge in [0.25, 0.3) is 0 Å². The highest BCUT2D eigenvalue weighted by Crippen LogP contribution is 2.38. The van der Waals surface area contributed by atoms with Gasteiger partial charge in [-0.15, -0.1) is 0 Å². The lowest BCUT2D eigenvalue weighted by Gasteiger charge is -2.26. The van der Waals surface area contributed by atoms with E-state index in [9.17, 15) is 5.11 Å². The van der Waals surface area contributed by atoms with Crippen molar-refractivity contribution in [3.63, 3.8) is 0 Å². The molecule has 0 saturated heterocycles. The highest BCUT2D eigenvalue weighted by atomic mass is 35.5. The van der Waals surface area contributed by atoms with E-state index in [0.717, 1.165) is 34.7 Å². The zero-order valence-corrected chi connectivity index (χ0v) is 20.5. The van der Waals surface area contributed by atoms with Crippen LogP contribution in [0.3, 0.4) is 0 Å². The number of hydrogen-bond acceptors (Lipinski definition) is 6. The third kappa shape index (κ3) is 5.41. The number of benzene rings is 3. The van der Waals surface area contributed by atoms with E-state index in [2.05, 4.69) is 4.90 Å². The van der Waals surface area contributed by atoms with Crippen molar-refractivity contribution in [3.8, 4) is 23.0 Å². The van der Waals surface area contributed by atoms with E-state index < -0.39 is 5.60 Å². The van der Waals surface area contributed by atoms with Crippen LogP contribution in [0, 0.1) is 0 Å². The van der Waals surface area contributed by atoms with Gasteiger partial charge < -0.3 is 24.1 Å². The Bertz CT molecular complexity index is 1120. The third-order valence-electron chi connectivity index (χ3n) is 5.96.